The van der Waals surface area contributed by atoms with Crippen LogP contribution in [-0.2, 0) is 11.2 Å². The number of piperidine rings is 2. The van der Waals surface area contributed by atoms with Crippen molar-refractivity contribution in [3.8, 4) is 0 Å². The monoisotopic (exact) mass is 353 g/mol. The first-order chi connectivity index (χ1) is 11.1. The van der Waals surface area contributed by atoms with E-state index in [9.17, 15) is 14.9 Å². The summed E-state index contributed by atoms with van der Waals surface area (Å²) in [6.45, 7) is 3.87. The van der Waals surface area contributed by atoms with Crippen molar-refractivity contribution >= 4 is 24.0 Å². The van der Waals surface area contributed by atoms with E-state index in [0.29, 0.717) is 11.8 Å². The van der Waals surface area contributed by atoms with Gasteiger partial charge >= 0.3 is 0 Å². The minimum atomic E-state index is -0.422. The molecule has 0 bridgehead atoms. The van der Waals surface area contributed by atoms with Gasteiger partial charge < -0.3 is 10.2 Å². The molecule has 2 heterocycles. The average molecular weight is 354 g/mol. The number of hydrogen-bond acceptors (Lipinski definition) is 4. The summed E-state index contributed by atoms with van der Waals surface area (Å²) in [5.74, 6) is 0.127. The molecule has 7 heteroatoms. The highest BCUT2D eigenvalue weighted by atomic mass is 35.5. The lowest BCUT2D eigenvalue weighted by Gasteiger charge is -2.44. The molecule has 2 aliphatic heterocycles. The third-order valence-corrected chi connectivity index (χ3v) is 5.34. The maximum absolute atomic E-state index is 12.4. The number of amides is 1. The van der Waals surface area contributed by atoms with Gasteiger partial charge in [-0.25, -0.2) is 0 Å². The van der Waals surface area contributed by atoms with Gasteiger partial charge in [-0.1, -0.05) is 12.1 Å². The zero-order valence-electron chi connectivity index (χ0n) is 13.7. The predicted molar refractivity (Wildman–Crippen MR) is 94.4 cm³/mol. The predicted octanol–water partition coefficient (Wildman–Crippen LogP) is 2.55. The lowest BCUT2D eigenvalue weighted by Crippen LogP contribution is -2.47. The number of carbonyl (C=O) groups excluding carboxylic acids is 1. The van der Waals surface area contributed by atoms with E-state index >= 15 is 0 Å². The Hall–Kier alpha value is -1.66. The van der Waals surface area contributed by atoms with Gasteiger partial charge in [0.25, 0.3) is 5.69 Å². The lowest BCUT2D eigenvalue weighted by atomic mass is 9.71. The van der Waals surface area contributed by atoms with Crippen LogP contribution < -0.4 is 5.32 Å². The molecule has 1 N–H and O–H groups in total. The Labute approximate surface area is 148 Å². The fourth-order valence-corrected chi connectivity index (χ4v) is 3.71. The second-order valence-corrected chi connectivity index (χ2v) is 6.73. The van der Waals surface area contributed by atoms with Crippen LogP contribution >= 0.6 is 12.4 Å². The van der Waals surface area contributed by atoms with Crippen molar-refractivity contribution < 1.29 is 9.72 Å². The Morgan fingerprint density at radius 2 is 1.71 bits per heavy atom. The standard InChI is InChI=1S/C17H23N3O3.ClH/c21-16(13-14-1-3-15(4-2-14)20(22)23)19-11-7-17(8-12-19)5-9-18-10-6-17;/h1-4,18H,5-13H2;1H. The molecule has 0 aliphatic carbocycles. The number of carbonyl (C=O) groups is 1. The summed E-state index contributed by atoms with van der Waals surface area (Å²) in [4.78, 5) is 24.6. The topological polar surface area (TPSA) is 75.5 Å². The molecule has 0 saturated carbocycles. The SMILES string of the molecule is Cl.O=C(Cc1ccc([N+](=O)[O-])cc1)N1CCC2(CCNCC2)CC1. The van der Waals surface area contributed by atoms with Crippen molar-refractivity contribution in [2.24, 2.45) is 5.41 Å². The molecule has 1 aromatic rings. The fraction of sp³-hybridized carbons (Fsp3) is 0.588. The Bertz CT molecular complexity index is 575. The van der Waals surface area contributed by atoms with E-state index in [-0.39, 0.29) is 24.0 Å². The number of benzene rings is 1. The summed E-state index contributed by atoms with van der Waals surface area (Å²) < 4.78 is 0. The normalized spacial score (nSPS) is 19.6. The molecule has 0 atom stereocenters. The molecular formula is C17H24ClN3O3. The number of rotatable bonds is 3. The molecule has 0 aromatic heterocycles. The van der Waals surface area contributed by atoms with E-state index in [0.717, 1.165) is 44.6 Å². The van der Waals surface area contributed by atoms with Gasteiger partial charge in [-0.2, -0.15) is 0 Å². The van der Waals surface area contributed by atoms with Crippen LogP contribution in [0.15, 0.2) is 24.3 Å². The van der Waals surface area contributed by atoms with Gasteiger partial charge in [0.15, 0.2) is 0 Å². The molecule has 6 nitrogen and oxygen atoms in total. The summed E-state index contributed by atoms with van der Waals surface area (Å²) in [6, 6.07) is 6.27. The molecule has 0 radical (unpaired) electrons. The maximum atomic E-state index is 12.4. The molecule has 3 rings (SSSR count). The first-order valence-electron chi connectivity index (χ1n) is 8.30. The molecule has 132 valence electrons. The second-order valence-electron chi connectivity index (χ2n) is 6.73. The number of nitro benzene ring substituents is 1. The summed E-state index contributed by atoms with van der Waals surface area (Å²) in [7, 11) is 0. The number of hydrogen-bond donors (Lipinski definition) is 1. The van der Waals surface area contributed by atoms with E-state index in [4.69, 9.17) is 0 Å². The number of nitrogens with zero attached hydrogens (tertiary/aromatic N) is 2. The van der Waals surface area contributed by atoms with Gasteiger partial charge in [0.1, 0.15) is 0 Å². The molecule has 1 amide bonds. The van der Waals surface area contributed by atoms with Crippen LogP contribution in [0, 0.1) is 15.5 Å². The zero-order chi connectivity index (χ0) is 16.3. The van der Waals surface area contributed by atoms with Gasteiger partial charge in [0.2, 0.25) is 5.91 Å². The average Bonchev–Trinajstić information content (AvgIpc) is 2.56. The van der Waals surface area contributed by atoms with Gasteiger partial charge in [0.05, 0.1) is 11.3 Å². The van der Waals surface area contributed by atoms with Crippen LogP contribution in [0.3, 0.4) is 0 Å². The van der Waals surface area contributed by atoms with E-state index < -0.39 is 4.92 Å². The minimum Gasteiger partial charge on any atom is -0.342 e. The number of non-ortho nitro benzene ring substituents is 1. The van der Waals surface area contributed by atoms with Crippen molar-refractivity contribution in [2.45, 2.75) is 32.1 Å². The number of nitrogens with one attached hydrogen (secondary N) is 1. The van der Waals surface area contributed by atoms with Crippen molar-refractivity contribution in [3.05, 3.63) is 39.9 Å². The quantitative estimate of drug-likeness (QED) is 0.669. The van der Waals surface area contributed by atoms with Gasteiger partial charge in [-0.3, -0.25) is 14.9 Å². The van der Waals surface area contributed by atoms with Gasteiger partial charge in [-0.15, -0.1) is 12.4 Å². The van der Waals surface area contributed by atoms with E-state index in [1.807, 2.05) is 4.90 Å². The van der Waals surface area contributed by atoms with E-state index in [1.165, 1.54) is 25.0 Å². The highest BCUT2D eigenvalue weighted by molar-refractivity contribution is 5.85. The lowest BCUT2D eigenvalue weighted by molar-refractivity contribution is -0.384. The Morgan fingerprint density at radius 3 is 2.25 bits per heavy atom. The minimum absolute atomic E-state index is 0. The van der Waals surface area contributed by atoms with Crippen molar-refractivity contribution in [1.82, 2.24) is 10.2 Å². The third kappa shape index (κ3) is 4.24. The first kappa shape index (κ1) is 18.7. The van der Waals surface area contributed by atoms with Crippen LogP contribution in [-0.4, -0.2) is 41.9 Å². The van der Waals surface area contributed by atoms with Crippen molar-refractivity contribution in [2.75, 3.05) is 26.2 Å². The first-order valence-corrected chi connectivity index (χ1v) is 8.30. The highest BCUT2D eigenvalue weighted by Crippen LogP contribution is 2.39. The molecule has 2 aliphatic rings. The third-order valence-electron chi connectivity index (χ3n) is 5.34. The van der Waals surface area contributed by atoms with E-state index in [2.05, 4.69) is 5.32 Å². The van der Waals surface area contributed by atoms with Crippen molar-refractivity contribution in [1.29, 1.82) is 0 Å². The van der Waals surface area contributed by atoms with Crippen LogP contribution in [0.5, 0.6) is 0 Å². The summed E-state index contributed by atoms with van der Waals surface area (Å²) in [5, 5.41) is 14.1. The molecule has 1 spiro atoms. The van der Waals surface area contributed by atoms with Crippen LogP contribution in [0.25, 0.3) is 0 Å². The largest absolute Gasteiger partial charge is 0.342 e. The summed E-state index contributed by atoms with van der Waals surface area (Å²) >= 11 is 0. The summed E-state index contributed by atoms with van der Waals surface area (Å²) in [5.41, 5.74) is 1.34. The number of halogens is 1. The van der Waals surface area contributed by atoms with E-state index in [1.54, 1.807) is 12.1 Å². The second kappa shape index (κ2) is 7.94. The molecule has 0 unspecified atom stereocenters. The molecular weight excluding hydrogens is 330 g/mol. The molecule has 1 aromatic carbocycles. The van der Waals surface area contributed by atoms with Crippen LogP contribution in [0.4, 0.5) is 5.69 Å². The number of nitro groups is 1. The van der Waals surface area contributed by atoms with Crippen LogP contribution in [0.1, 0.15) is 31.2 Å². The molecule has 24 heavy (non-hydrogen) atoms. The Kier molecular flexibility index (Phi) is 6.18. The molecule has 2 fully saturated rings. The van der Waals surface area contributed by atoms with Gasteiger partial charge in [0, 0.05) is 25.2 Å². The Morgan fingerprint density at radius 1 is 1.12 bits per heavy atom. The summed E-state index contributed by atoms with van der Waals surface area (Å²) in [6.07, 6.45) is 4.96. The molecule has 2 saturated heterocycles. The smallest absolute Gasteiger partial charge is 0.269 e. The van der Waals surface area contributed by atoms with Gasteiger partial charge in [-0.05, 0) is 49.8 Å². The maximum Gasteiger partial charge on any atom is 0.269 e. The number of likely N-dealkylation sites (tertiary alicyclic amines) is 1. The fourth-order valence-electron chi connectivity index (χ4n) is 3.71. The van der Waals surface area contributed by atoms with Crippen LogP contribution in [0.2, 0.25) is 0 Å². The highest BCUT2D eigenvalue weighted by Gasteiger charge is 2.36. The zero-order valence-corrected chi connectivity index (χ0v) is 14.5. The van der Waals surface area contributed by atoms with Crippen molar-refractivity contribution in [3.63, 3.8) is 0 Å². The Balaban J connectivity index is 0.00000208.